The number of phenols is 3. The molecule has 1 saturated carbocycles. The third-order valence-electron chi connectivity index (χ3n) is 16.0. The highest BCUT2D eigenvalue weighted by Gasteiger charge is 2.50. The number of carboxylic acids is 1. The summed E-state index contributed by atoms with van der Waals surface area (Å²) in [5.74, 6) is -13.0. The van der Waals surface area contributed by atoms with Crippen LogP contribution in [0, 0.1) is 36.4 Å². The number of aromatic nitrogens is 1. The second kappa shape index (κ2) is 22.8. The first kappa shape index (κ1) is 59.0. The van der Waals surface area contributed by atoms with Gasteiger partial charge in [-0.2, -0.15) is 5.10 Å². The molecule has 5 heterocycles. The summed E-state index contributed by atoms with van der Waals surface area (Å²) in [4.78, 5) is 69.6. The minimum atomic E-state index is -2.21. The number of benzene rings is 3. The molecule has 81 heavy (non-hydrogen) atoms. The van der Waals surface area contributed by atoms with E-state index in [1.807, 2.05) is 0 Å². The number of fused-ring (bicyclic) bond motifs is 15. The number of methoxy groups -OCH3 is 2. The number of anilines is 2. The first-order chi connectivity index (χ1) is 38.2. The Balaban J connectivity index is 1.24. The Morgan fingerprint density at radius 2 is 1.64 bits per heavy atom. The molecule has 2 fully saturated rings. The van der Waals surface area contributed by atoms with E-state index < -0.39 is 146 Å². The van der Waals surface area contributed by atoms with E-state index in [0.717, 1.165) is 36.4 Å². The van der Waals surface area contributed by atoms with Crippen LogP contribution in [-0.4, -0.2) is 145 Å². The lowest BCUT2D eigenvalue weighted by atomic mass is 9.78. The van der Waals surface area contributed by atoms with Crippen molar-refractivity contribution in [3.8, 4) is 28.7 Å². The van der Waals surface area contributed by atoms with Crippen molar-refractivity contribution < 1.29 is 83.0 Å². The molecule has 1 unspecified atom stereocenters. The molecule has 9 rings (SSSR count). The molecule has 0 spiro atoms. The topological polar surface area (TPSA) is 309 Å². The summed E-state index contributed by atoms with van der Waals surface area (Å²) in [6, 6.07) is -0.651. The van der Waals surface area contributed by atoms with Gasteiger partial charge in [0.25, 0.3) is 11.7 Å². The lowest BCUT2D eigenvalue weighted by Crippen LogP contribution is -2.54. The van der Waals surface area contributed by atoms with Crippen LogP contribution < -0.4 is 25.1 Å². The standard InChI is InChI=1S/C58H68FN5O17/c1-25-13-12-14-26(2)56(74)61-43-35(22-60-64-19-18-62(24-38(64)57(75)76)45-37(59)21-34-44(54(45)78-11)63(33-15-16-33)23-36(31(7)65)49(34)70)50(71)40-41(51(43)72)48(69)30(6)53-42(40)55(73)58(9,81-53)79-20-17-39(77-10)27(3)52(80-32(8)66)29(5)47(68)28(4)46(25)67/h12-14,17,20-23,25,27-29,33,38-39,46-47,52,65,67-69,71-72H,7,15-16,18-19,24H2,1-6,8-11H3,(H,61,74)(H,75,76)/b13-12+,20-17+,26-14-,60-22-/t25-,27+,28+,29+,38?,39-,46-,47+,52+,58-/m0/s1. The zero-order valence-electron chi connectivity index (χ0n) is 46.5. The molecule has 1 aromatic heterocycles. The van der Waals surface area contributed by atoms with Gasteiger partial charge in [0.1, 0.15) is 34.8 Å². The molecule has 1 saturated heterocycles. The van der Waals surface area contributed by atoms with Crippen LogP contribution in [0.25, 0.3) is 27.4 Å². The van der Waals surface area contributed by atoms with Crippen LogP contribution in [0.3, 0.4) is 0 Å². The Kier molecular flexibility index (Phi) is 16.6. The van der Waals surface area contributed by atoms with Gasteiger partial charge in [0.15, 0.2) is 23.4 Å². The van der Waals surface area contributed by atoms with E-state index in [9.17, 15) is 59.7 Å². The molecule has 10 atom stereocenters. The quantitative estimate of drug-likeness (QED) is 0.0284. The van der Waals surface area contributed by atoms with Gasteiger partial charge in [-0.05, 0) is 38.8 Å². The SMILES string of the molecule is C=C(O)c1cn(C2CC2)c2c(OC)c(N3CCN(/N=C\c4c5c(O)c6c(O)c(C)c7c(c6c4O)C(=O)[C@@](C)(O/C=C/[C@H](OC)[C@@H](C)[C@@H](OC(C)=O)[C@H](C)[C@H](O)[C@H](C)[C@@H](O)[C@@H](C)/C=C/C=C(/C)C(=O)N5)O7)C(C(=O)O)C3)c(F)cc2c1=O. The van der Waals surface area contributed by atoms with E-state index in [4.69, 9.17) is 23.7 Å². The van der Waals surface area contributed by atoms with Crippen LogP contribution in [-0.2, 0) is 28.6 Å². The van der Waals surface area contributed by atoms with E-state index in [-0.39, 0.29) is 69.5 Å². The van der Waals surface area contributed by atoms with Crippen molar-refractivity contribution in [2.75, 3.05) is 44.1 Å². The Bertz CT molecular complexity index is 3440. The highest BCUT2D eigenvalue weighted by atomic mass is 19.1. The second-order valence-corrected chi connectivity index (χ2v) is 21.4. The number of halogens is 1. The number of phenolic OH excluding ortho intramolecular Hbond substituents is 3. The van der Waals surface area contributed by atoms with Gasteiger partial charge in [-0.15, -0.1) is 0 Å². The minimum Gasteiger partial charge on any atom is -0.508 e. The zero-order chi connectivity index (χ0) is 59.4. The third-order valence-corrected chi connectivity index (χ3v) is 16.0. The van der Waals surface area contributed by atoms with E-state index in [1.54, 1.807) is 38.3 Å². The van der Waals surface area contributed by atoms with Gasteiger partial charge in [-0.3, -0.25) is 24.2 Å². The van der Waals surface area contributed by atoms with Gasteiger partial charge in [0.05, 0.1) is 89.7 Å². The molecule has 5 aliphatic rings. The van der Waals surface area contributed by atoms with Gasteiger partial charge in [0.2, 0.25) is 5.43 Å². The number of esters is 1. The number of hydrazone groups is 1. The number of Topliss-reactive ketones (excluding diaryl/α,β-unsaturated/α-hetero) is 1. The van der Waals surface area contributed by atoms with Crippen molar-refractivity contribution >= 4 is 68.7 Å². The maximum atomic E-state index is 16.5. The number of allylic oxidation sites excluding steroid dienone is 2. The zero-order valence-corrected chi connectivity index (χ0v) is 46.5. The number of hydrogen-bond acceptors (Lipinski definition) is 19. The maximum absolute atomic E-state index is 16.5. The summed E-state index contributed by atoms with van der Waals surface area (Å²) in [5, 5.41) is 87.8. The van der Waals surface area contributed by atoms with Crippen molar-refractivity contribution in [3.63, 3.8) is 0 Å². The van der Waals surface area contributed by atoms with E-state index in [2.05, 4.69) is 17.0 Å². The van der Waals surface area contributed by atoms with Crippen molar-refractivity contribution in [2.24, 2.45) is 28.8 Å². The minimum absolute atomic E-state index is 0.0163. The van der Waals surface area contributed by atoms with Crippen LogP contribution in [0.4, 0.5) is 15.8 Å². The molecule has 4 aromatic rings. The third kappa shape index (κ3) is 10.7. The Labute approximate surface area is 465 Å². The molecule has 1 aliphatic carbocycles. The molecule has 23 heteroatoms. The first-order valence-corrected chi connectivity index (χ1v) is 26.4. The van der Waals surface area contributed by atoms with Crippen molar-refractivity contribution in [2.45, 2.75) is 111 Å². The van der Waals surface area contributed by atoms with Gasteiger partial charge < -0.3 is 74.2 Å². The number of carbonyl (C=O) groups is 4. The molecule has 22 nitrogen and oxygen atoms in total. The van der Waals surface area contributed by atoms with Crippen molar-refractivity contribution in [3.05, 3.63) is 93.3 Å². The molecule has 0 radical (unpaired) electrons. The highest BCUT2D eigenvalue weighted by molar-refractivity contribution is 6.24. The number of amides is 1. The van der Waals surface area contributed by atoms with E-state index >= 15 is 4.39 Å². The fourth-order valence-corrected chi connectivity index (χ4v) is 11.1. The van der Waals surface area contributed by atoms with E-state index in [0.29, 0.717) is 0 Å². The number of nitrogens with zero attached hydrogens (tertiary/aromatic N) is 4. The Morgan fingerprint density at radius 3 is 2.26 bits per heavy atom. The molecule has 434 valence electrons. The number of ether oxygens (including phenoxy) is 5. The number of aromatic hydroxyl groups is 3. The predicted molar refractivity (Wildman–Crippen MR) is 296 cm³/mol. The number of hydrogen-bond donors (Lipinski definition) is 8. The Morgan fingerprint density at radius 1 is 0.951 bits per heavy atom. The molecule has 4 aliphatic heterocycles. The number of nitrogens with one attached hydrogen (secondary N) is 1. The number of ketones is 1. The largest absolute Gasteiger partial charge is 0.508 e. The first-order valence-electron chi connectivity index (χ1n) is 26.4. The number of rotatable bonds is 9. The summed E-state index contributed by atoms with van der Waals surface area (Å²) in [6.45, 7) is 14.7. The van der Waals surface area contributed by atoms with Crippen LogP contribution >= 0.6 is 0 Å². The molecule has 5 bridgehead atoms. The van der Waals surface area contributed by atoms with Crippen LogP contribution in [0.15, 0.2) is 64.9 Å². The van der Waals surface area contributed by atoms with Gasteiger partial charge in [0, 0.05) is 79.9 Å². The smallest absolute Gasteiger partial charge is 0.329 e. The number of aliphatic carboxylic acids is 1. The summed E-state index contributed by atoms with van der Waals surface area (Å²) >= 11 is 0. The second-order valence-electron chi connectivity index (χ2n) is 21.4. The molecule has 3 aromatic carbocycles. The average Bonchev–Trinajstić information content (AvgIpc) is 2.51. The number of aliphatic hydroxyl groups is 3. The van der Waals surface area contributed by atoms with Gasteiger partial charge >= 0.3 is 17.7 Å². The number of piperazine rings is 1. The van der Waals surface area contributed by atoms with Crippen LogP contribution in [0.2, 0.25) is 0 Å². The number of aliphatic hydroxyl groups excluding tert-OH is 3. The predicted octanol–water partition coefficient (Wildman–Crippen LogP) is 6.69. The van der Waals surface area contributed by atoms with Crippen LogP contribution in [0.5, 0.6) is 28.7 Å². The van der Waals surface area contributed by atoms with Gasteiger partial charge in [-0.25, -0.2) is 9.18 Å². The maximum Gasteiger partial charge on any atom is 0.329 e. The number of carboxylic acid groups (broad SMARTS) is 1. The van der Waals surface area contributed by atoms with Crippen molar-refractivity contribution in [1.82, 2.24) is 9.58 Å². The summed E-state index contributed by atoms with van der Waals surface area (Å²) < 4.78 is 47.7. The van der Waals surface area contributed by atoms with Gasteiger partial charge in [-0.1, -0.05) is 52.5 Å². The fourth-order valence-electron chi connectivity index (χ4n) is 11.1. The lowest BCUT2D eigenvalue weighted by Gasteiger charge is -2.39. The normalized spacial score (nSPS) is 28.1. The Hall–Kier alpha value is -8.15. The monoisotopic (exact) mass is 1130 g/mol. The molecular weight excluding hydrogens is 1060 g/mol. The van der Waals surface area contributed by atoms with Crippen molar-refractivity contribution in [1.29, 1.82) is 0 Å². The summed E-state index contributed by atoms with van der Waals surface area (Å²) in [7, 11) is 2.67. The summed E-state index contributed by atoms with van der Waals surface area (Å²) in [6.07, 6.45) is 6.62. The number of pyridine rings is 1. The average molecular weight is 1130 g/mol. The van der Waals surface area contributed by atoms with E-state index in [1.165, 1.54) is 71.2 Å². The molecular formula is C58H68FN5O17. The highest BCUT2D eigenvalue weighted by Crippen LogP contribution is 2.55. The molecule has 1 amide bonds. The lowest BCUT2D eigenvalue weighted by molar-refractivity contribution is -0.160. The molecule has 8 N–H and O–H groups in total. The number of carbonyl (C=O) groups excluding carboxylic acids is 3. The summed E-state index contributed by atoms with van der Waals surface area (Å²) in [5.41, 5.74) is -2.14. The fraction of sp³-hybridized carbons (Fsp3) is 0.448. The van der Waals surface area contributed by atoms with Crippen LogP contribution in [0.1, 0.15) is 94.4 Å².